The van der Waals surface area contributed by atoms with E-state index < -0.39 is 0 Å². The smallest absolute Gasteiger partial charge is 0.0905 e. The van der Waals surface area contributed by atoms with E-state index in [-0.39, 0.29) is 29.6 Å². The van der Waals surface area contributed by atoms with Crippen LogP contribution >= 0.6 is 0 Å². The van der Waals surface area contributed by atoms with E-state index in [2.05, 4.69) is 6.58 Å². The number of hydrogen-bond donors (Lipinski definition) is 0. The first-order valence-electron chi connectivity index (χ1n) is 0.921. The number of allylic oxidation sites excluding steroid dienone is 1. The third kappa shape index (κ3) is 13.9. The second-order valence-electron chi connectivity index (χ2n) is 0.333. The van der Waals surface area contributed by atoms with Crippen molar-refractivity contribution in [1.82, 2.24) is 0 Å². The normalized spacial score (nSPS) is 3.00. The van der Waals surface area contributed by atoms with Crippen LogP contribution in [0.2, 0.25) is 0 Å². The molecule has 0 amide bonds. The average molecular weight is 76.1 g/mol. The van der Waals surface area contributed by atoms with E-state index in [1.807, 2.05) is 0 Å². The van der Waals surface area contributed by atoms with Gasteiger partial charge in [-0.25, -0.2) is 0 Å². The van der Waals surface area contributed by atoms with Crippen LogP contribution in [0.25, 0.3) is 0 Å². The standard InChI is InChI=1S/C3H3N.Na/c1-2-3-4;/h2H,1H2;. The molecule has 0 saturated heterocycles. The van der Waals surface area contributed by atoms with Gasteiger partial charge in [0.05, 0.1) is 6.07 Å². The van der Waals surface area contributed by atoms with Gasteiger partial charge in [-0.1, -0.05) is 6.58 Å². The first kappa shape index (κ1) is 8.97. The molecule has 1 nitrogen and oxygen atoms in total. The summed E-state index contributed by atoms with van der Waals surface area (Å²) in [5, 5.41) is 7.51. The molecular formula is C3H3NNa. The number of nitriles is 1. The summed E-state index contributed by atoms with van der Waals surface area (Å²) in [7, 11) is 0. The zero-order valence-corrected chi connectivity index (χ0v) is 5.23. The van der Waals surface area contributed by atoms with E-state index in [0.717, 1.165) is 0 Å². The largest absolute Gasteiger partial charge is 0.193 e. The molecule has 0 aromatic rings. The Balaban J connectivity index is 0. The SMILES string of the molecule is C=CC#N.[Na]. The molecule has 1 radical (unpaired) electrons. The third-order valence-electron chi connectivity index (χ3n) is 0.0913. The van der Waals surface area contributed by atoms with Crippen LogP contribution in [0, 0.1) is 11.3 Å². The Bertz CT molecular complexity index is 52.4. The Morgan fingerprint density at radius 3 is 2.00 bits per heavy atom. The van der Waals surface area contributed by atoms with Gasteiger partial charge in [-0.15, -0.1) is 0 Å². The molecule has 5 heavy (non-hydrogen) atoms. The van der Waals surface area contributed by atoms with Crippen LogP contribution in [0.4, 0.5) is 0 Å². The van der Waals surface area contributed by atoms with Crippen molar-refractivity contribution in [2.75, 3.05) is 0 Å². The molecule has 0 heterocycles. The van der Waals surface area contributed by atoms with Crippen LogP contribution in [0.1, 0.15) is 0 Å². The van der Waals surface area contributed by atoms with Crippen molar-refractivity contribution in [1.29, 1.82) is 5.26 Å². The molecule has 2 heteroatoms. The van der Waals surface area contributed by atoms with Gasteiger partial charge in [-0.3, -0.25) is 0 Å². The maximum atomic E-state index is 7.51. The molecule has 0 aliphatic rings. The average Bonchev–Trinajstić information content (AvgIpc) is 1.37. The van der Waals surface area contributed by atoms with Gasteiger partial charge < -0.3 is 0 Å². The quantitative estimate of drug-likeness (QED) is 0.301. The van der Waals surface area contributed by atoms with Crippen LogP contribution in [-0.2, 0) is 0 Å². The molecule has 0 aromatic carbocycles. The predicted octanol–water partition coefficient (Wildman–Crippen LogP) is 0.315. The second-order valence-corrected chi connectivity index (χ2v) is 0.333. The van der Waals surface area contributed by atoms with Gasteiger partial charge in [0.15, 0.2) is 0 Å². The first-order valence-corrected chi connectivity index (χ1v) is 0.921. The fourth-order valence-electron chi connectivity index (χ4n) is 0. The summed E-state index contributed by atoms with van der Waals surface area (Å²) in [6, 6.07) is 1.69. The number of rotatable bonds is 0. The third-order valence-corrected chi connectivity index (χ3v) is 0.0913. The van der Waals surface area contributed by atoms with Gasteiger partial charge in [0, 0.05) is 35.6 Å². The summed E-state index contributed by atoms with van der Waals surface area (Å²) >= 11 is 0. The van der Waals surface area contributed by atoms with Gasteiger partial charge in [-0.05, 0) is 0 Å². The number of hydrogen-bond acceptors (Lipinski definition) is 1. The topological polar surface area (TPSA) is 23.8 Å². The maximum Gasteiger partial charge on any atom is 0.0905 e. The molecule has 0 N–H and O–H groups in total. The van der Waals surface area contributed by atoms with Crippen LogP contribution in [0.3, 0.4) is 0 Å². The summed E-state index contributed by atoms with van der Waals surface area (Å²) in [4.78, 5) is 0. The van der Waals surface area contributed by atoms with Crippen molar-refractivity contribution in [3.8, 4) is 6.07 Å². The maximum absolute atomic E-state index is 7.51. The van der Waals surface area contributed by atoms with Gasteiger partial charge >= 0.3 is 0 Å². The van der Waals surface area contributed by atoms with Crippen LogP contribution in [0.5, 0.6) is 0 Å². The fraction of sp³-hybridized carbons (Fsp3) is 0. The van der Waals surface area contributed by atoms with Crippen molar-refractivity contribution in [2.24, 2.45) is 0 Å². The summed E-state index contributed by atoms with van der Waals surface area (Å²) < 4.78 is 0. The second kappa shape index (κ2) is 8.87. The molecule has 0 bridgehead atoms. The minimum atomic E-state index is 0. The van der Waals surface area contributed by atoms with E-state index >= 15 is 0 Å². The summed E-state index contributed by atoms with van der Waals surface area (Å²) in [5.74, 6) is 0. The Kier molecular flexibility index (Phi) is 15.9. The van der Waals surface area contributed by atoms with Crippen molar-refractivity contribution in [2.45, 2.75) is 0 Å². The van der Waals surface area contributed by atoms with Crippen LogP contribution in [-0.4, -0.2) is 29.6 Å². The Morgan fingerprint density at radius 1 is 1.80 bits per heavy atom. The van der Waals surface area contributed by atoms with Crippen molar-refractivity contribution in [3.05, 3.63) is 12.7 Å². The van der Waals surface area contributed by atoms with Crippen molar-refractivity contribution in [3.63, 3.8) is 0 Å². The van der Waals surface area contributed by atoms with Gasteiger partial charge in [0.25, 0.3) is 0 Å². The zero-order chi connectivity index (χ0) is 3.41. The van der Waals surface area contributed by atoms with E-state index in [0.29, 0.717) is 0 Å². The molecule has 0 saturated carbocycles. The summed E-state index contributed by atoms with van der Waals surface area (Å²) in [6.45, 7) is 3.12. The molecular weight excluding hydrogens is 73.0 g/mol. The molecule has 0 aliphatic carbocycles. The molecule has 0 aromatic heterocycles. The Morgan fingerprint density at radius 2 is 2.00 bits per heavy atom. The van der Waals surface area contributed by atoms with Gasteiger partial charge in [0.2, 0.25) is 0 Å². The van der Waals surface area contributed by atoms with Crippen LogP contribution < -0.4 is 0 Å². The van der Waals surface area contributed by atoms with Crippen molar-refractivity contribution < 1.29 is 0 Å². The first-order chi connectivity index (χ1) is 1.91. The summed E-state index contributed by atoms with van der Waals surface area (Å²) in [6.07, 6.45) is 1.18. The van der Waals surface area contributed by atoms with Crippen LogP contribution in [0.15, 0.2) is 12.7 Å². The van der Waals surface area contributed by atoms with E-state index in [1.54, 1.807) is 6.07 Å². The molecule has 0 rings (SSSR count). The van der Waals surface area contributed by atoms with Gasteiger partial charge in [-0.2, -0.15) is 5.26 Å². The van der Waals surface area contributed by atoms with Gasteiger partial charge in [0.1, 0.15) is 0 Å². The Labute approximate surface area is 53.6 Å². The predicted molar refractivity (Wildman–Crippen MR) is 21.6 cm³/mol. The van der Waals surface area contributed by atoms with E-state index in [9.17, 15) is 0 Å². The summed E-state index contributed by atoms with van der Waals surface area (Å²) in [5.41, 5.74) is 0. The molecule has 0 aliphatic heterocycles. The van der Waals surface area contributed by atoms with E-state index in [4.69, 9.17) is 5.26 Å². The fourth-order valence-corrected chi connectivity index (χ4v) is 0. The van der Waals surface area contributed by atoms with E-state index in [1.165, 1.54) is 6.08 Å². The molecule has 0 fully saturated rings. The minimum absolute atomic E-state index is 0. The zero-order valence-electron chi connectivity index (χ0n) is 3.23. The Hall–Kier alpha value is 0.230. The molecule has 0 unspecified atom stereocenters. The molecule has 0 atom stereocenters. The molecule has 0 spiro atoms. The van der Waals surface area contributed by atoms with Crippen molar-refractivity contribution >= 4 is 29.6 Å². The monoisotopic (exact) mass is 76.0 g/mol. The molecule has 21 valence electrons. The minimum Gasteiger partial charge on any atom is -0.193 e. The number of nitrogens with zero attached hydrogens (tertiary/aromatic N) is 1.